The van der Waals surface area contributed by atoms with Gasteiger partial charge >= 0.3 is 17.9 Å². The number of aryl methyl sites for hydroxylation is 6. The van der Waals surface area contributed by atoms with Crippen LogP contribution < -0.4 is 4.90 Å². The van der Waals surface area contributed by atoms with Crippen molar-refractivity contribution in [3.05, 3.63) is 228 Å². The van der Waals surface area contributed by atoms with E-state index in [2.05, 4.69) is 185 Å². The van der Waals surface area contributed by atoms with Crippen molar-refractivity contribution in [1.29, 1.82) is 10.5 Å². The quantitative estimate of drug-likeness (QED) is 0.0111. The third-order valence-corrected chi connectivity index (χ3v) is 25.0. The van der Waals surface area contributed by atoms with Crippen molar-refractivity contribution in [3.63, 3.8) is 0 Å². The van der Waals surface area contributed by atoms with Crippen LogP contribution >= 0.6 is 45.3 Å². The Kier molecular flexibility index (Phi) is 37.0. The van der Waals surface area contributed by atoms with Crippen LogP contribution in [0.15, 0.2) is 132 Å². The largest absolute Gasteiger partial charge is 0.486 e. The molecule has 0 radical (unpaired) electrons. The predicted octanol–water partition coefficient (Wildman–Crippen LogP) is 29.1. The fourth-order valence-corrected chi connectivity index (χ4v) is 18.9. The molecule has 8 rings (SSSR count). The third kappa shape index (κ3) is 27.7. The van der Waals surface area contributed by atoms with Crippen molar-refractivity contribution in [2.24, 2.45) is 0 Å². The number of nitriles is 2. The maximum Gasteiger partial charge on any atom is 0.346 e. The summed E-state index contributed by atoms with van der Waals surface area (Å²) in [5.41, 5.74) is 13.2. The number of carbonyl (C=O) groups is 3. The molecular formula is C96H112N4O6S4. The highest BCUT2D eigenvalue weighted by molar-refractivity contribution is 7.23. The molecule has 3 N–H and O–H groups in total. The predicted molar refractivity (Wildman–Crippen MR) is 470 cm³/mol. The second kappa shape index (κ2) is 47.1. The van der Waals surface area contributed by atoms with Gasteiger partial charge in [-0.2, -0.15) is 10.5 Å². The Morgan fingerprint density at radius 2 is 0.818 bits per heavy atom. The summed E-state index contributed by atoms with van der Waals surface area (Å²) in [7, 11) is 0. The van der Waals surface area contributed by atoms with Gasteiger partial charge in [0.1, 0.15) is 23.3 Å². The maximum absolute atomic E-state index is 12.5. The minimum absolute atomic E-state index is 0.273. The second-order valence-corrected chi connectivity index (χ2v) is 33.6. The molecule has 0 aliphatic rings. The molecule has 0 saturated heterocycles. The number of thiophene rings is 4. The van der Waals surface area contributed by atoms with E-state index in [0.717, 1.165) is 188 Å². The smallest absolute Gasteiger partial charge is 0.346 e. The lowest BCUT2D eigenvalue weighted by Crippen LogP contribution is -2.09. The number of rotatable bonds is 49. The summed E-state index contributed by atoms with van der Waals surface area (Å²) in [5, 5.41) is 50.1. The van der Waals surface area contributed by atoms with E-state index in [0.29, 0.717) is 11.1 Å². The van der Waals surface area contributed by atoms with Crippen molar-refractivity contribution in [2.75, 3.05) is 4.90 Å². The fraction of sp³-hybridized carbons (Fsp3) is 0.396. The lowest BCUT2D eigenvalue weighted by molar-refractivity contribution is -0.133. The second-order valence-electron chi connectivity index (χ2n) is 29.1. The molecule has 4 aromatic heterocycles. The summed E-state index contributed by atoms with van der Waals surface area (Å²) in [6.07, 6.45) is 51.3. The number of unbranched alkanes of at least 4 members (excludes halogenated alkanes) is 24. The Bertz CT molecular complexity index is 4470. The highest BCUT2D eigenvalue weighted by atomic mass is 32.1. The zero-order valence-electron chi connectivity index (χ0n) is 65.7. The van der Waals surface area contributed by atoms with Gasteiger partial charge in [0.25, 0.3) is 5.70 Å². The first-order chi connectivity index (χ1) is 53.5. The zero-order chi connectivity index (χ0) is 78.4. The van der Waals surface area contributed by atoms with Crippen LogP contribution in [0.4, 0.5) is 17.1 Å². The van der Waals surface area contributed by atoms with Gasteiger partial charge in [0.05, 0.1) is 6.57 Å². The van der Waals surface area contributed by atoms with E-state index in [1.807, 2.05) is 24.3 Å². The standard InChI is InChI=1S/C96H112N4O6S4/c1-8-12-16-20-22-24-26-28-30-34-38-87-77(60-79(67-97)94(101)102)65-90(108-87)85(91-66-78(63-86(99-7)96(105)106)88(109-91)39-35-31-29-27-25-23-21-17-13-9-2)59-73-46-53-83(54-47-73)100(81-49-42-71(43-50-81)40-41-74-57-69(5)56-70(6)58-74)82-51-44-72(45-52-82)48-55-89-75(36-32-18-14-10-3)64-92(110-89)93-76(37-33-19-15-11-4)61-84(107-93)62-80(68-98)95(103)104/h40-66H,8-39H2,1-6H3,(H,101,102)(H,103,104)(H,105,106). The van der Waals surface area contributed by atoms with E-state index < -0.39 is 17.9 Å². The topological polar surface area (TPSA) is 167 Å². The first-order valence-corrected chi connectivity index (χ1v) is 43.6. The van der Waals surface area contributed by atoms with Gasteiger partial charge in [-0.25, -0.2) is 14.4 Å². The minimum atomic E-state index is -1.28. The molecule has 0 aliphatic heterocycles. The zero-order valence-corrected chi connectivity index (χ0v) is 69.0. The monoisotopic (exact) mass is 1540 g/mol. The number of anilines is 3. The molecule has 0 amide bonds. The van der Waals surface area contributed by atoms with Crippen LogP contribution in [0.25, 0.3) is 68.8 Å². The van der Waals surface area contributed by atoms with Crippen LogP contribution in [0.5, 0.6) is 0 Å². The average Bonchev–Trinajstić information content (AvgIpc) is 1.58. The van der Waals surface area contributed by atoms with Crippen molar-refractivity contribution >= 4 is 134 Å². The van der Waals surface area contributed by atoms with Crippen molar-refractivity contribution < 1.29 is 29.7 Å². The van der Waals surface area contributed by atoms with Crippen LogP contribution in [0.2, 0.25) is 0 Å². The molecular weight excluding hydrogens is 1430 g/mol. The maximum atomic E-state index is 12.5. The molecule has 0 bridgehead atoms. The molecule has 0 spiro atoms. The van der Waals surface area contributed by atoms with Crippen molar-refractivity contribution in [2.45, 2.75) is 247 Å². The van der Waals surface area contributed by atoms with E-state index >= 15 is 0 Å². The van der Waals surface area contributed by atoms with E-state index in [-0.39, 0.29) is 16.8 Å². The Labute approximate surface area is 672 Å². The number of carboxylic acid groups (broad SMARTS) is 3. The number of hydrogen-bond donors (Lipinski definition) is 3. The molecule has 8 aromatic rings. The molecule has 576 valence electrons. The Morgan fingerprint density at radius 3 is 1.26 bits per heavy atom. The first-order valence-electron chi connectivity index (χ1n) is 40.4. The normalized spacial score (nSPS) is 12.1. The summed E-state index contributed by atoms with van der Waals surface area (Å²) in [5.74, 6) is -3.78. The van der Waals surface area contributed by atoms with Gasteiger partial charge < -0.3 is 20.2 Å². The summed E-state index contributed by atoms with van der Waals surface area (Å²) in [4.78, 5) is 50.8. The molecule has 0 aliphatic carbocycles. The van der Waals surface area contributed by atoms with Crippen LogP contribution in [0.3, 0.4) is 0 Å². The average molecular weight is 1550 g/mol. The molecule has 14 heteroatoms. The van der Waals surface area contributed by atoms with Gasteiger partial charge in [0.15, 0.2) is 0 Å². The number of aliphatic carboxylic acids is 3. The van der Waals surface area contributed by atoms with Gasteiger partial charge in [0, 0.05) is 61.7 Å². The number of benzene rings is 4. The molecule has 0 fully saturated rings. The SMILES string of the molecule is [C-]#[N+]C(=Cc1cc(C(=Cc2ccc(N(c3ccc(C=Cc4cc(C)cc(C)c4)cc3)c3ccc(C=Cc4sc(-c5sc(C=C(C#N)C(=O)O)cc5CCCCCC)cc4CCCCCC)cc3)cc2)c2cc(C=C(C#N)C(=O)O)c(CCCCCCCCCCCC)s2)sc1CCCCCCCCCCCC)C(=O)O. The van der Waals surface area contributed by atoms with Gasteiger partial charge in [-0.1, -0.05) is 266 Å². The van der Waals surface area contributed by atoms with E-state index in [1.165, 1.54) is 142 Å². The molecule has 10 nitrogen and oxygen atoms in total. The number of hydrogen-bond acceptors (Lipinski definition) is 10. The van der Waals surface area contributed by atoms with E-state index in [4.69, 9.17) is 6.57 Å². The number of carboxylic acids is 3. The van der Waals surface area contributed by atoms with Gasteiger partial charge in [-0.05, 0) is 201 Å². The lowest BCUT2D eigenvalue weighted by Gasteiger charge is -2.26. The molecule has 0 atom stereocenters. The van der Waals surface area contributed by atoms with Gasteiger partial charge in [-0.15, -0.1) is 45.3 Å². The minimum Gasteiger partial charge on any atom is -0.486 e. The molecule has 110 heavy (non-hydrogen) atoms. The first kappa shape index (κ1) is 86.4. The Balaban J connectivity index is 1.20. The summed E-state index contributed by atoms with van der Waals surface area (Å²) >= 11 is 6.57. The van der Waals surface area contributed by atoms with E-state index in [1.54, 1.807) is 45.3 Å². The van der Waals surface area contributed by atoms with Crippen LogP contribution in [-0.2, 0) is 40.1 Å². The lowest BCUT2D eigenvalue weighted by atomic mass is 10.0. The van der Waals surface area contributed by atoms with Crippen molar-refractivity contribution in [3.8, 4) is 21.9 Å². The fourth-order valence-electron chi connectivity index (χ4n) is 14.0. The van der Waals surface area contributed by atoms with Crippen LogP contribution in [-0.4, -0.2) is 33.2 Å². The highest BCUT2D eigenvalue weighted by Crippen LogP contribution is 2.44. The Morgan fingerprint density at radius 1 is 0.418 bits per heavy atom. The molecule has 4 aromatic carbocycles. The highest BCUT2D eigenvalue weighted by Gasteiger charge is 2.23. The van der Waals surface area contributed by atoms with E-state index in [9.17, 15) is 40.2 Å². The summed E-state index contributed by atoms with van der Waals surface area (Å²) < 4.78 is 0. The summed E-state index contributed by atoms with van der Waals surface area (Å²) in [6, 6.07) is 44.6. The van der Waals surface area contributed by atoms with Gasteiger partial charge in [0.2, 0.25) is 0 Å². The molecule has 4 heterocycles. The summed E-state index contributed by atoms with van der Waals surface area (Å²) in [6.45, 7) is 21.1. The van der Waals surface area contributed by atoms with Crippen molar-refractivity contribution in [1.82, 2.24) is 0 Å². The molecule has 0 saturated carbocycles. The van der Waals surface area contributed by atoms with Crippen LogP contribution in [0.1, 0.15) is 292 Å². The van der Waals surface area contributed by atoms with Gasteiger partial charge in [-0.3, -0.25) is 4.79 Å². The molecule has 0 unspecified atom stereocenters. The number of nitrogens with zero attached hydrogens (tertiary/aromatic N) is 4. The Hall–Kier alpha value is -9.20. The van der Waals surface area contributed by atoms with Crippen LogP contribution in [0, 0.1) is 43.1 Å². The third-order valence-electron chi connectivity index (χ3n) is 20.0.